The van der Waals surface area contributed by atoms with E-state index in [2.05, 4.69) is 25.5 Å². The Hall–Kier alpha value is -3.10. The SMILES string of the molecule is O=C(CCCc1nc2ccccc2c(=O)[nH]1)OCc1nnnn1C1CC1. The number of aryl methyl sites for hydroxylation is 1. The summed E-state index contributed by atoms with van der Waals surface area (Å²) in [5, 5.41) is 12.0. The van der Waals surface area contributed by atoms with Crippen LogP contribution in [-0.4, -0.2) is 36.1 Å². The van der Waals surface area contributed by atoms with Gasteiger partial charge in [-0.15, -0.1) is 5.10 Å². The van der Waals surface area contributed by atoms with Crippen molar-refractivity contribution in [3.8, 4) is 0 Å². The highest BCUT2D eigenvalue weighted by atomic mass is 16.5. The van der Waals surface area contributed by atoms with Crippen molar-refractivity contribution in [3.05, 3.63) is 46.3 Å². The lowest BCUT2D eigenvalue weighted by Gasteiger charge is -2.05. The van der Waals surface area contributed by atoms with E-state index in [9.17, 15) is 9.59 Å². The van der Waals surface area contributed by atoms with Crippen LogP contribution < -0.4 is 5.56 Å². The molecule has 2 heterocycles. The third-order valence-corrected chi connectivity index (χ3v) is 4.27. The molecule has 1 N–H and O–H groups in total. The average Bonchev–Trinajstić information content (AvgIpc) is 3.38. The van der Waals surface area contributed by atoms with Crippen LogP contribution in [-0.2, 0) is 22.6 Å². The van der Waals surface area contributed by atoms with Gasteiger partial charge < -0.3 is 9.72 Å². The number of nitrogens with one attached hydrogen (secondary N) is 1. The number of nitrogens with zero attached hydrogens (tertiary/aromatic N) is 5. The minimum atomic E-state index is -0.321. The number of rotatable bonds is 7. The summed E-state index contributed by atoms with van der Waals surface area (Å²) >= 11 is 0. The van der Waals surface area contributed by atoms with E-state index in [1.54, 1.807) is 22.9 Å². The number of H-pyrrole nitrogens is 1. The van der Waals surface area contributed by atoms with Crippen LogP contribution in [0.4, 0.5) is 0 Å². The van der Waals surface area contributed by atoms with Crippen LogP contribution in [0.3, 0.4) is 0 Å². The first-order chi connectivity index (χ1) is 12.7. The molecule has 0 amide bonds. The van der Waals surface area contributed by atoms with Gasteiger partial charge in [-0.25, -0.2) is 9.67 Å². The van der Waals surface area contributed by atoms with E-state index >= 15 is 0 Å². The molecule has 0 saturated heterocycles. The zero-order valence-corrected chi connectivity index (χ0v) is 14.1. The fourth-order valence-electron chi connectivity index (χ4n) is 2.78. The van der Waals surface area contributed by atoms with Crippen LogP contribution >= 0.6 is 0 Å². The molecule has 1 aromatic carbocycles. The van der Waals surface area contributed by atoms with Gasteiger partial charge in [0.25, 0.3) is 5.56 Å². The average molecular weight is 354 g/mol. The molecule has 26 heavy (non-hydrogen) atoms. The normalized spacial score (nSPS) is 13.8. The van der Waals surface area contributed by atoms with Crippen molar-refractivity contribution in [2.45, 2.75) is 44.8 Å². The van der Waals surface area contributed by atoms with Crippen LogP contribution in [0.5, 0.6) is 0 Å². The molecule has 0 spiro atoms. The summed E-state index contributed by atoms with van der Waals surface area (Å²) in [4.78, 5) is 31.1. The minimum absolute atomic E-state index is 0.0768. The molecule has 0 unspecified atom stereocenters. The molecular formula is C17H18N6O3. The van der Waals surface area contributed by atoms with E-state index in [-0.39, 0.29) is 24.6 Å². The minimum Gasteiger partial charge on any atom is -0.457 e. The van der Waals surface area contributed by atoms with Crippen molar-refractivity contribution < 1.29 is 9.53 Å². The third-order valence-electron chi connectivity index (χ3n) is 4.27. The number of benzene rings is 1. The Bertz CT molecular complexity index is 991. The van der Waals surface area contributed by atoms with Crippen LogP contribution in [0.1, 0.15) is 43.4 Å². The Morgan fingerprint density at radius 1 is 1.31 bits per heavy atom. The Morgan fingerprint density at radius 3 is 3.00 bits per heavy atom. The van der Waals surface area contributed by atoms with Gasteiger partial charge in [0.05, 0.1) is 16.9 Å². The van der Waals surface area contributed by atoms with Gasteiger partial charge >= 0.3 is 5.97 Å². The van der Waals surface area contributed by atoms with E-state index in [1.807, 2.05) is 6.07 Å². The summed E-state index contributed by atoms with van der Waals surface area (Å²) in [6.45, 7) is 0.0768. The van der Waals surface area contributed by atoms with Crippen molar-refractivity contribution in [2.75, 3.05) is 0 Å². The van der Waals surface area contributed by atoms with Gasteiger partial charge in [0.15, 0.2) is 12.4 Å². The predicted molar refractivity (Wildman–Crippen MR) is 91.2 cm³/mol. The molecular weight excluding hydrogens is 336 g/mol. The quantitative estimate of drug-likeness (QED) is 0.636. The Balaban J connectivity index is 1.28. The second-order valence-corrected chi connectivity index (χ2v) is 6.31. The highest BCUT2D eigenvalue weighted by Crippen LogP contribution is 2.34. The molecule has 2 aromatic heterocycles. The standard InChI is InChI=1S/C17H18N6O3/c24-16(26-10-15-20-21-22-23(15)11-8-9-11)7-3-6-14-18-13-5-2-1-4-12(13)17(25)19-14/h1-2,4-5,11H,3,6-10H2,(H,18,19,25). The van der Waals surface area contributed by atoms with Crippen LogP contribution in [0.2, 0.25) is 0 Å². The molecule has 0 radical (unpaired) electrons. The van der Waals surface area contributed by atoms with Crippen molar-refractivity contribution in [3.63, 3.8) is 0 Å². The highest BCUT2D eigenvalue weighted by Gasteiger charge is 2.28. The van der Waals surface area contributed by atoms with Gasteiger partial charge in [0, 0.05) is 12.8 Å². The Labute approximate surface area is 148 Å². The molecule has 134 valence electrons. The summed E-state index contributed by atoms with van der Waals surface area (Å²) in [5.74, 6) is 0.819. The topological polar surface area (TPSA) is 116 Å². The molecule has 1 saturated carbocycles. The molecule has 0 bridgehead atoms. The summed E-state index contributed by atoms with van der Waals surface area (Å²) in [6.07, 6.45) is 3.39. The first kappa shape index (κ1) is 16.4. The molecule has 9 nitrogen and oxygen atoms in total. The molecule has 9 heteroatoms. The maximum Gasteiger partial charge on any atom is 0.306 e. The molecule has 4 rings (SSSR count). The van der Waals surface area contributed by atoms with E-state index < -0.39 is 0 Å². The largest absolute Gasteiger partial charge is 0.457 e. The monoisotopic (exact) mass is 354 g/mol. The van der Waals surface area contributed by atoms with E-state index in [4.69, 9.17) is 4.74 Å². The lowest BCUT2D eigenvalue weighted by molar-refractivity contribution is -0.145. The van der Waals surface area contributed by atoms with Crippen molar-refractivity contribution >= 4 is 16.9 Å². The zero-order valence-electron chi connectivity index (χ0n) is 14.1. The van der Waals surface area contributed by atoms with Gasteiger partial charge in [-0.1, -0.05) is 12.1 Å². The smallest absolute Gasteiger partial charge is 0.306 e. The number of hydrogen-bond donors (Lipinski definition) is 1. The van der Waals surface area contributed by atoms with Crippen LogP contribution in [0.25, 0.3) is 10.9 Å². The maximum atomic E-state index is 12.0. The molecule has 1 aliphatic rings. The van der Waals surface area contributed by atoms with E-state index in [1.165, 1.54) is 0 Å². The fraction of sp³-hybridized carbons (Fsp3) is 0.412. The van der Waals surface area contributed by atoms with Crippen molar-refractivity contribution in [1.29, 1.82) is 0 Å². The van der Waals surface area contributed by atoms with Gasteiger partial charge in [0.1, 0.15) is 5.82 Å². The number of aromatic nitrogens is 6. The fourth-order valence-corrected chi connectivity index (χ4v) is 2.78. The van der Waals surface area contributed by atoms with Crippen LogP contribution in [0.15, 0.2) is 29.1 Å². The van der Waals surface area contributed by atoms with Gasteiger partial charge in [-0.3, -0.25) is 9.59 Å². The summed E-state index contributed by atoms with van der Waals surface area (Å²) < 4.78 is 6.96. The van der Waals surface area contributed by atoms with Crippen LogP contribution in [0, 0.1) is 0 Å². The van der Waals surface area contributed by atoms with Gasteiger partial charge in [-0.2, -0.15) is 0 Å². The summed E-state index contributed by atoms with van der Waals surface area (Å²) in [6, 6.07) is 7.51. The van der Waals surface area contributed by atoms with Crippen molar-refractivity contribution in [1.82, 2.24) is 30.2 Å². The van der Waals surface area contributed by atoms with E-state index in [0.29, 0.717) is 41.4 Å². The maximum absolute atomic E-state index is 12.0. The number of carbonyl (C=O) groups excluding carboxylic acids is 1. The molecule has 1 fully saturated rings. The van der Waals surface area contributed by atoms with Gasteiger partial charge in [0.2, 0.25) is 0 Å². The van der Waals surface area contributed by atoms with Crippen molar-refractivity contribution in [2.24, 2.45) is 0 Å². The second kappa shape index (κ2) is 7.03. The zero-order chi connectivity index (χ0) is 17.9. The predicted octanol–water partition coefficient (Wildman–Crippen LogP) is 1.31. The number of tetrazole rings is 1. The molecule has 0 atom stereocenters. The van der Waals surface area contributed by atoms with E-state index in [0.717, 1.165) is 12.8 Å². The third kappa shape index (κ3) is 3.61. The number of hydrogen-bond acceptors (Lipinski definition) is 7. The second-order valence-electron chi connectivity index (χ2n) is 6.31. The summed E-state index contributed by atoms with van der Waals surface area (Å²) in [7, 11) is 0. The summed E-state index contributed by atoms with van der Waals surface area (Å²) in [5.41, 5.74) is 0.487. The first-order valence-corrected chi connectivity index (χ1v) is 8.61. The lowest BCUT2D eigenvalue weighted by Crippen LogP contribution is -2.13. The van der Waals surface area contributed by atoms with Gasteiger partial charge in [-0.05, 0) is 41.8 Å². The number of carbonyl (C=O) groups is 1. The molecule has 3 aromatic rings. The Kier molecular flexibility index (Phi) is 4.42. The first-order valence-electron chi connectivity index (χ1n) is 8.61. The number of fused-ring (bicyclic) bond motifs is 1. The number of esters is 1. The lowest BCUT2D eigenvalue weighted by atomic mass is 10.2. The Morgan fingerprint density at radius 2 is 2.15 bits per heavy atom. The number of para-hydroxylation sites is 1. The number of ether oxygens (including phenoxy) is 1. The molecule has 0 aliphatic heterocycles. The number of aromatic amines is 1. The molecule has 1 aliphatic carbocycles. The highest BCUT2D eigenvalue weighted by molar-refractivity contribution is 5.77.